The van der Waals surface area contributed by atoms with Gasteiger partial charge in [-0.3, -0.25) is 4.79 Å². The number of carbonyl (C=O) groups is 3. The minimum Gasteiger partial charge on any atom is -0.480 e. The van der Waals surface area contributed by atoms with E-state index >= 15 is 0 Å². The van der Waals surface area contributed by atoms with E-state index in [0.717, 1.165) is 12.8 Å². The molecule has 1 aliphatic carbocycles. The first-order valence-electron chi connectivity index (χ1n) is 5.85. The standard InChI is InChI=1S/C11H19N3O4/c1-6(8(15)13-7-4-5-7)12-10(18)14-11(2,3)9(16)17/h6-7H,4-5H2,1-3H3,(H,13,15)(H,16,17)(H2,12,14,18). The van der Waals surface area contributed by atoms with Crippen LogP contribution in [0.2, 0.25) is 0 Å². The second kappa shape index (κ2) is 5.24. The molecule has 18 heavy (non-hydrogen) atoms. The number of hydrogen-bond donors (Lipinski definition) is 4. The zero-order valence-corrected chi connectivity index (χ0v) is 10.7. The van der Waals surface area contributed by atoms with E-state index in [0.29, 0.717) is 0 Å². The van der Waals surface area contributed by atoms with Crippen molar-refractivity contribution >= 4 is 17.9 Å². The molecule has 0 aromatic heterocycles. The summed E-state index contributed by atoms with van der Waals surface area (Å²) >= 11 is 0. The van der Waals surface area contributed by atoms with Crippen LogP contribution in [0, 0.1) is 0 Å². The number of carbonyl (C=O) groups excluding carboxylic acids is 2. The third-order valence-electron chi connectivity index (χ3n) is 2.63. The highest BCUT2D eigenvalue weighted by Gasteiger charge is 2.30. The third kappa shape index (κ3) is 4.23. The molecule has 0 heterocycles. The number of urea groups is 1. The largest absolute Gasteiger partial charge is 0.480 e. The van der Waals surface area contributed by atoms with Gasteiger partial charge >= 0.3 is 12.0 Å². The van der Waals surface area contributed by atoms with Crippen LogP contribution in [0.25, 0.3) is 0 Å². The van der Waals surface area contributed by atoms with Crippen LogP contribution in [0.1, 0.15) is 33.6 Å². The molecular weight excluding hydrogens is 238 g/mol. The second-order valence-electron chi connectivity index (χ2n) is 5.03. The van der Waals surface area contributed by atoms with Gasteiger partial charge in [0.25, 0.3) is 0 Å². The molecule has 1 saturated carbocycles. The molecule has 3 amide bonds. The second-order valence-corrected chi connectivity index (χ2v) is 5.03. The van der Waals surface area contributed by atoms with Crippen molar-refractivity contribution in [3.63, 3.8) is 0 Å². The van der Waals surface area contributed by atoms with Gasteiger partial charge in [0.2, 0.25) is 5.91 Å². The van der Waals surface area contributed by atoms with Crippen molar-refractivity contribution in [1.82, 2.24) is 16.0 Å². The molecule has 7 heteroatoms. The Morgan fingerprint density at radius 3 is 2.28 bits per heavy atom. The zero-order valence-electron chi connectivity index (χ0n) is 10.7. The SMILES string of the molecule is CC(NC(=O)NC(C)(C)C(=O)O)C(=O)NC1CC1. The maximum absolute atomic E-state index is 11.6. The molecule has 7 nitrogen and oxygen atoms in total. The van der Waals surface area contributed by atoms with Crippen LogP contribution in [0.3, 0.4) is 0 Å². The highest BCUT2D eigenvalue weighted by atomic mass is 16.4. The fourth-order valence-electron chi connectivity index (χ4n) is 1.19. The van der Waals surface area contributed by atoms with E-state index in [1.54, 1.807) is 6.92 Å². The lowest BCUT2D eigenvalue weighted by atomic mass is 10.1. The molecule has 1 atom stereocenters. The van der Waals surface area contributed by atoms with Gasteiger partial charge in [-0.2, -0.15) is 0 Å². The van der Waals surface area contributed by atoms with Crippen LogP contribution in [0.5, 0.6) is 0 Å². The molecule has 1 unspecified atom stereocenters. The molecule has 1 rings (SSSR count). The summed E-state index contributed by atoms with van der Waals surface area (Å²) in [5.74, 6) is -1.41. The van der Waals surface area contributed by atoms with Gasteiger partial charge in [0, 0.05) is 6.04 Å². The van der Waals surface area contributed by atoms with Crippen molar-refractivity contribution in [3.8, 4) is 0 Å². The average molecular weight is 257 g/mol. The summed E-state index contributed by atoms with van der Waals surface area (Å²) in [6.45, 7) is 4.28. The van der Waals surface area contributed by atoms with E-state index in [1.165, 1.54) is 13.8 Å². The van der Waals surface area contributed by atoms with Crippen LogP contribution >= 0.6 is 0 Å². The Balaban J connectivity index is 2.38. The molecule has 0 aromatic rings. The predicted octanol–water partition coefficient (Wildman–Crippen LogP) is -0.184. The molecule has 0 saturated heterocycles. The van der Waals surface area contributed by atoms with Crippen molar-refractivity contribution in [3.05, 3.63) is 0 Å². The summed E-state index contributed by atoms with van der Waals surface area (Å²) in [7, 11) is 0. The van der Waals surface area contributed by atoms with Gasteiger partial charge in [0.15, 0.2) is 0 Å². The summed E-state index contributed by atoms with van der Waals surface area (Å²) in [5.41, 5.74) is -1.38. The number of amides is 3. The van der Waals surface area contributed by atoms with Crippen LogP contribution < -0.4 is 16.0 Å². The van der Waals surface area contributed by atoms with Crippen molar-refractivity contribution < 1.29 is 19.5 Å². The van der Waals surface area contributed by atoms with E-state index in [1.807, 2.05) is 0 Å². The average Bonchev–Trinajstić information content (AvgIpc) is 2.99. The predicted molar refractivity (Wildman–Crippen MR) is 64.0 cm³/mol. The molecule has 0 radical (unpaired) electrons. The molecule has 0 bridgehead atoms. The Kier molecular flexibility index (Phi) is 4.15. The summed E-state index contributed by atoms with van der Waals surface area (Å²) in [5, 5.41) is 16.3. The number of carboxylic acid groups (broad SMARTS) is 1. The maximum Gasteiger partial charge on any atom is 0.328 e. The van der Waals surface area contributed by atoms with E-state index < -0.39 is 23.6 Å². The molecule has 4 N–H and O–H groups in total. The van der Waals surface area contributed by atoms with Crippen LogP contribution in [0.4, 0.5) is 4.79 Å². The Bertz CT molecular complexity index is 363. The van der Waals surface area contributed by atoms with E-state index in [-0.39, 0.29) is 11.9 Å². The molecule has 0 aliphatic heterocycles. The van der Waals surface area contributed by atoms with Gasteiger partial charge in [-0.1, -0.05) is 0 Å². The first-order valence-corrected chi connectivity index (χ1v) is 5.85. The highest BCUT2D eigenvalue weighted by molar-refractivity contribution is 5.89. The quantitative estimate of drug-likeness (QED) is 0.547. The van der Waals surface area contributed by atoms with Crippen molar-refractivity contribution in [2.45, 2.75) is 51.2 Å². The van der Waals surface area contributed by atoms with Gasteiger partial charge in [0.1, 0.15) is 11.6 Å². The smallest absolute Gasteiger partial charge is 0.328 e. The number of nitrogens with one attached hydrogen (secondary N) is 3. The van der Waals surface area contributed by atoms with Crippen molar-refractivity contribution in [2.24, 2.45) is 0 Å². The molecule has 102 valence electrons. The normalized spacial score (nSPS) is 16.6. The Morgan fingerprint density at radius 1 is 1.28 bits per heavy atom. The number of rotatable bonds is 5. The van der Waals surface area contributed by atoms with Gasteiger partial charge in [0.05, 0.1) is 0 Å². The molecule has 0 spiro atoms. The van der Waals surface area contributed by atoms with Crippen LogP contribution in [-0.2, 0) is 9.59 Å². The number of carboxylic acids is 1. The molecular formula is C11H19N3O4. The number of hydrogen-bond acceptors (Lipinski definition) is 3. The summed E-state index contributed by atoms with van der Waals surface area (Å²) in [6.07, 6.45) is 1.94. The first-order chi connectivity index (χ1) is 8.22. The minimum atomic E-state index is -1.38. The van der Waals surface area contributed by atoms with E-state index in [2.05, 4.69) is 16.0 Å². The topological polar surface area (TPSA) is 108 Å². The lowest BCUT2D eigenvalue weighted by molar-refractivity contribution is -0.142. The monoisotopic (exact) mass is 257 g/mol. The fraction of sp³-hybridized carbons (Fsp3) is 0.727. The minimum absolute atomic E-state index is 0.222. The highest BCUT2D eigenvalue weighted by Crippen LogP contribution is 2.18. The Morgan fingerprint density at radius 2 is 1.83 bits per heavy atom. The maximum atomic E-state index is 11.6. The lowest BCUT2D eigenvalue weighted by Crippen LogP contribution is -2.56. The summed E-state index contributed by atoms with van der Waals surface area (Å²) in [6, 6.07) is -1.16. The van der Waals surface area contributed by atoms with Crippen molar-refractivity contribution in [2.75, 3.05) is 0 Å². The van der Waals surface area contributed by atoms with Crippen molar-refractivity contribution in [1.29, 1.82) is 0 Å². The van der Waals surface area contributed by atoms with Gasteiger partial charge in [-0.25, -0.2) is 9.59 Å². The Hall–Kier alpha value is -1.79. The lowest BCUT2D eigenvalue weighted by Gasteiger charge is -2.22. The molecule has 1 fully saturated rings. The molecule has 0 aromatic carbocycles. The summed E-state index contributed by atoms with van der Waals surface area (Å²) < 4.78 is 0. The summed E-state index contributed by atoms with van der Waals surface area (Å²) in [4.78, 5) is 33.9. The van der Waals surface area contributed by atoms with E-state index in [4.69, 9.17) is 5.11 Å². The first kappa shape index (κ1) is 14.3. The van der Waals surface area contributed by atoms with Crippen LogP contribution in [0.15, 0.2) is 0 Å². The Labute approximate surface area is 105 Å². The zero-order chi connectivity index (χ0) is 13.9. The molecule has 1 aliphatic rings. The number of aliphatic carboxylic acids is 1. The van der Waals surface area contributed by atoms with Gasteiger partial charge < -0.3 is 21.1 Å². The fourth-order valence-corrected chi connectivity index (χ4v) is 1.19. The third-order valence-corrected chi connectivity index (χ3v) is 2.63. The van der Waals surface area contributed by atoms with Gasteiger partial charge in [-0.15, -0.1) is 0 Å². The van der Waals surface area contributed by atoms with Crippen LogP contribution in [-0.4, -0.2) is 40.6 Å². The van der Waals surface area contributed by atoms with E-state index in [9.17, 15) is 14.4 Å². The van der Waals surface area contributed by atoms with Gasteiger partial charge in [-0.05, 0) is 33.6 Å².